The third kappa shape index (κ3) is 3.39. The van der Waals surface area contributed by atoms with Crippen molar-refractivity contribution in [3.8, 4) is 0 Å². The van der Waals surface area contributed by atoms with Gasteiger partial charge in [-0.25, -0.2) is 15.0 Å². The highest BCUT2D eigenvalue weighted by Gasteiger charge is 2.35. The standard InChI is InChI=1S/C19H23N5O3/c1-19(14-5-3-2-4-6-14)11-23(7-8-27-19)17-16-18(21-12-20-17)24(13-22-16)9-15(26)10-25/h2-6,12-13,15,25-26H,7-11H2,1H3. The zero-order valence-corrected chi connectivity index (χ0v) is 15.2. The van der Waals surface area contributed by atoms with Crippen molar-refractivity contribution in [2.45, 2.75) is 25.2 Å². The Morgan fingerprint density at radius 1 is 1.22 bits per heavy atom. The molecule has 8 heteroatoms. The second kappa shape index (κ2) is 7.22. The maximum atomic E-state index is 9.73. The van der Waals surface area contributed by atoms with Crippen LogP contribution in [0, 0.1) is 0 Å². The first-order valence-electron chi connectivity index (χ1n) is 9.00. The maximum absolute atomic E-state index is 9.73. The largest absolute Gasteiger partial charge is 0.394 e. The highest BCUT2D eigenvalue weighted by Crippen LogP contribution is 2.32. The molecule has 3 aromatic rings. The quantitative estimate of drug-likeness (QED) is 0.691. The van der Waals surface area contributed by atoms with Crippen molar-refractivity contribution in [3.05, 3.63) is 48.5 Å². The number of imidazole rings is 1. The molecule has 1 aliphatic heterocycles. The molecular formula is C19H23N5O3. The summed E-state index contributed by atoms with van der Waals surface area (Å²) in [7, 11) is 0. The number of ether oxygens (including phenoxy) is 1. The van der Waals surface area contributed by atoms with E-state index in [0.29, 0.717) is 30.9 Å². The van der Waals surface area contributed by atoms with Crippen molar-refractivity contribution >= 4 is 17.0 Å². The molecule has 0 aliphatic carbocycles. The molecule has 1 fully saturated rings. The van der Waals surface area contributed by atoms with Crippen molar-refractivity contribution in [1.82, 2.24) is 19.5 Å². The van der Waals surface area contributed by atoms with Crippen LogP contribution in [0.1, 0.15) is 12.5 Å². The van der Waals surface area contributed by atoms with Gasteiger partial charge in [0.25, 0.3) is 0 Å². The Morgan fingerprint density at radius 2 is 2.04 bits per heavy atom. The molecule has 8 nitrogen and oxygen atoms in total. The van der Waals surface area contributed by atoms with Crippen LogP contribution in [0.5, 0.6) is 0 Å². The van der Waals surface area contributed by atoms with Crippen molar-refractivity contribution in [2.24, 2.45) is 0 Å². The number of morpholine rings is 1. The van der Waals surface area contributed by atoms with E-state index in [-0.39, 0.29) is 13.2 Å². The number of nitrogens with zero attached hydrogens (tertiary/aromatic N) is 5. The lowest BCUT2D eigenvalue weighted by atomic mass is 9.94. The van der Waals surface area contributed by atoms with Gasteiger partial charge in [0.2, 0.25) is 0 Å². The average Bonchev–Trinajstić information content (AvgIpc) is 3.11. The van der Waals surface area contributed by atoms with Crippen LogP contribution in [0.2, 0.25) is 0 Å². The van der Waals surface area contributed by atoms with E-state index in [4.69, 9.17) is 9.84 Å². The van der Waals surface area contributed by atoms with Gasteiger partial charge in [-0.15, -0.1) is 0 Å². The molecule has 2 unspecified atom stereocenters. The second-order valence-corrected chi connectivity index (χ2v) is 6.97. The monoisotopic (exact) mass is 369 g/mol. The van der Waals surface area contributed by atoms with Gasteiger partial charge in [-0.1, -0.05) is 30.3 Å². The topological polar surface area (TPSA) is 96.5 Å². The van der Waals surface area contributed by atoms with E-state index in [1.54, 1.807) is 10.9 Å². The van der Waals surface area contributed by atoms with Crippen molar-refractivity contribution in [3.63, 3.8) is 0 Å². The highest BCUT2D eigenvalue weighted by molar-refractivity contribution is 5.83. The van der Waals surface area contributed by atoms with Gasteiger partial charge in [0.05, 0.1) is 38.7 Å². The summed E-state index contributed by atoms with van der Waals surface area (Å²) in [6.45, 7) is 3.95. The van der Waals surface area contributed by atoms with Crippen molar-refractivity contribution in [2.75, 3.05) is 31.2 Å². The molecule has 142 valence electrons. The molecule has 0 bridgehead atoms. The lowest BCUT2D eigenvalue weighted by Gasteiger charge is -2.41. The number of anilines is 1. The summed E-state index contributed by atoms with van der Waals surface area (Å²) in [5.41, 5.74) is 2.00. The number of fused-ring (bicyclic) bond motifs is 1. The third-order valence-electron chi connectivity index (χ3n) is 4.96. The predicted octanol–water partition coefficient (Wildman–Crippen LogP) is 0.931. The Morgan fingerprint density at radius 3 is 2.81 bits per heavy atom. The first-order valence-corrected chi connectivity index (χ1v) is 9.00. The van der Waals surface area contributed by atoms with Gasteiger partial charge >= 0.3 is 0 Å². The van der Waals surface area contributed by atoms with E-state index in [1.807, 2.05) is 18.2 Å². The Kier molecular flexibility index (Phi) is 4.77. The molecule has 2 N–H and O–H groups in total. The summed E-state index contributed by atoms with van der Waals surface area (Å²) >= 11 is 0. The minimum Gasteiger partial charge on any atom is -0.394 e. The van der Waals surface area contributed by atoms with Gasteiger partial charge in [-0.3, -0.25) is 0 Å². The van der Waals surface area contributed by atoms with Crippen LogP contribution in [0.4, 0.5) is 5.82 Å². The molecule has 2 atom stereocenters. The molecule has 1 aliphatic rings. The molecule has 0 spiro atoms. The molecule has 27 heavy (non-hydrogen) atoms. The van der Waals surface area contributed by atoms with Crippen LogP contribution in [0.15, 0.2) is 43.0 Å². The summed E-state index contributed by atoms with van der Waals surface area (Å²) in [5.74, 6) is 0.752. The Hall–Kier alpha value is -2.55. The normalized spacial score (nSPS) is 21.5. The zero-order valence-electron chi connectivity index (χ0n) is 15.2. The average molecular weight is 369 g/mol. The molecule has 0 amide bonds. The Bertz CT molecular complexity index is 916. The van der Waals surface area contributed by atoms with E-state index in [1.165, 1.54) is 6.33 Å². The number of hydrogen-bond acceptors (Lipinski definition) is 7. The fourth-order valence-corrected chi connectivity index (χ4v) is 3.53. The smallest absolute Gasteiger partial charge is 0.165 e. The first kappa shape index (κ1) is 17.8. The molecule has 1 aromatic carbocycles. The molecule has 3 heterocycles. The van der Waals surface area contributed by atoms with Crippen LogP contribution >= 0.6 is 0 Å². The summed E-state index contributed by atoms with van der Waals surface area (Å²) in [5, 5.41) is 18.8. The van der Waals surface area contributed by atoms with Crippen LogP contribution in [0.3, 0.4) is 0 Å². The van der Waals surface area contributed by atoms with E-state index in [9.17, 15) is 5.11 Å². The number of rotatable bonds is 5. The van der Waals surface area contributed by atoms with Crippen LogP contribution in [0.25, 0.3) is 11.2 Å². The fourth-order valence-electron chi connectivity index (χ4n) is 3.53. The minimum absolute atomic E-state index is 0.230. The van der Waals surface area contributed by atoms with E-state index < -0.39 is 11.7 Å². The number of aliphatic hydroxyl groups excluding tert-OH is 2. The van der Waals surface area contributed by atoms with Gasteiger partial charge < -0.3 is 24.4 Å². The summed E-state index contributed by atoms with van der Waals surface area (Å²) in [6, 6.07) is 10.2. The summed E-state index contributed by atoms with van der Waals surface area (Å²) in [6.07, 6.45) is 2.28. The number of aliphatic hydroxyl groups is 2. The zero-order chi connectivity index (χ0) is 18.9. The Labute approximate surface area is 157 Å². The van der Waals surface area contributed by atoms with Gasteiger partial charge in [0, 0.05) is 6.54 Å². The van der Waals surface area contributed by atoms with Gasteiger partial charge in [0.15, 0.2) is 17.0 Å². The van der Waals surface area contributed by atoms with Gasteiger partial charge in [0.1, 0.15) is 11.9 Å². The number of benzene rings is 1. The van der Waals surface area contributed by atoms with E-state index in [2.05, 4.69) is 38.9 Å². The molecule has 0 saturated carbocycles. The maximum Gasteiger partial charge on any atom is 0.165 e. The van der Waals surface area contributed by atoms with E-state index >= 15 is 0 Å². The van der Waals surface area contributed by atoms with Crippen LogP contribution < -0.4 is 4.90 Å². The van der Waals surface area contributed by atoms with Gasteiger partial charge in [-0.2, -0.15) is 0 Å². The second-order valence-electron chi connectivity index (χ2n) is 6.97. The minimum atomic E-state index is -0.856. The molecular weight excluding hydrogens is 346 g/mol. The van der Waals surface area contributed by atoms with E-state index in [0.717, 1.165) is 11.4 Å². The first-order chi connectivity index (χ1) is 13.1. The third-order valence-corrected chi connectivity index (χ3v) is 4.96. The van der Waals surface area contributed by atoms with Gasteiger partial charge in [-0.05, 0) is 12.5 Å². The SMILES string of the molecule is CC1(c2ccccc2)CN(c2ncnc3c2ncn3CC(O)CO)CCO1. The number of aromatic nitrogens is 4. The summed E-state index contributed by atoms with van der Waals surface area (Å²) < 4.78 is 7.85. The predicted molar refractivity (Wildman–Crippen MR) is 100 cm³/mol. The summed E-state index contributed by atoms with van der Waals surface area (Å²) in [4.78, 5) is 15.4. The number of hydrogen-bond donors (Lipinski definition) is 2. The van der Waals surface area contributed by atoms with Crippen LogP contribution in [-0.4, -0.2) is 62.1 Å². The lowest BCUT2D eigenvalue weighted by Crippen LogP contribution is -2.48. The molecule has 0 radical (unpaired) electrons. The van der Waals surface area contributed by atoms with Crippen LogP contribution in [-0.2, 0) is 16.9 Å². The van der Waals surface area contributed by atoms with Crippen molar-refractivity contribution in [1.29, 1.82) is 0 Å². The molecule has 1 saturated heterocycles. The fraction of sp³-hybridized carbons (Fsp3) is 0.421. The molecule has 2 aromatic heterocycles. The highest BCUT2D eigenvalue weighted by atomic mass is 16.5. The molecule has 4 rings (SSSR count). The Balaban J connectivity index is 1.66. The lowest BCUT2D eigenvalue weighted by molar-refractivity contribution is -0.0467. The van der Waals surface area contributed by atoms with Crippen molar-refractivity contribution < 1.29 is 14.9 Å².